The summed E-state index contributed by atoms with van der Waals surface area (Å²) in [6.45, 7) is 6.81. The predicted molar refractivity (Wildman–Crippen MR) is 88.4 cm³/mol. The second-order valence-corrected chi connectivity index (χ2v) is 6.83. The number of β-lactam (4-membered cyclic amide) rings is 1. The average Bonchev–Trinajstić information content (AvgIpc) is 2.50. The van der Waals surface area contributed by atoms with Crippen LogP contribution >= 0.6 is 0 Å². The first-order valence-electron chi connectivity index (χ1n) is 8.34. The SMILES string of the molecule is CC1CC(C)CN(C(=O)COc2cccc(N3CCC3=O)c2)C1. The van der Waals surface area contributed by atoms with Crippen molar-refractivity contribution in [2.75, 3.05) is 31.1 Å². The molecule has 0 aliphatic carbocycles. The maximum absolute atomic E-state index is 12.3. The summed E-state index contributed by atoms with van der Waals surface area (Å²) in [4.78, 5) is 27.5. The van der Waals surface area contributed by atoms with Crippen molar-refractivity contribution in [2.45, 2.75) is 26.7 Å². The number of rotatable bonds is 4. The van der Waals surface area contributed by atoms with Crippen LogP contribution in [-0.2, 0) is 9.59 Å². The Balaban J connectivity index is 1.56. The summed E-state index contributed by atoms with van der Waals surface area (Å²) in [6, 6.07) is 7.39. The maximum Gasteiger partial charge on any atom is 0.260 e. The summed E-state index contributed by atoms with van der Waals surface area (Å²) < 4.78 is 5.66. The normalized spacial score (nSPS) is 24.3. The molecular weight excluding hydrogens is 292 g/mol. The zero-order chi connectivity index (χ0) is 16.4. The summed E-state index contributed by atoms with van der Waals surface area (Å²) in [5.41, 5.74) is 0.839. The largest absolute Gasteiger partial charge is 0.484 e. The molecule has 0 spiro atoms. The molecule has 1 aromatic carbocycles. The Bertz CT molecular complexity index is 592. The fraction of sp³-hybridized carbons (Fsp3) is 0.556. The molecule has 2 saturated heterocycles. The van der Waals surface area contributed by atoms with E-state index >= 15 is 0 Å². The third kappa shape index (κ3) is 3.66. The first-order chi connectivity index (χ1) is 11.0. The minimum Gasteiger partial charge on any atom is -0.484 e. The van der Waals surface area contributed by atoms with Gasteiger partial charge in [0.05, 0.1) is 0 Å². The second kappa shape index (κ2) is 6.60. The lowest BCUT2D eigenvalue weighted by molar-refractivity contribution is -0.136. The van der Waals surface area contributed by atoms with Crippen molar-refractivity contribution in [3.8, 4) is 5.75 Å². The molecule has 23 heavy (non-hydrogen) atoms. The van der Waals surface area contributed by atoms with Crippen LogP contribution in [0, 0.1) is 11.8 Å². The molecule has 1 aromatic rings. The number of piperidine rings is 1. The molecule has 2 aliphatic rings. The molecule has 0 aromatic heterocycles. The van der Waals surface area contributed by atoms with Gasteiger partial charge in [0.2, 0.25) is 5.91 Å². The van der Waals surface area contributed by atoms with Crippen LogP contribution in [0.15, 0.2) is 24.3 Å². The minimum atomic E-state index is 0.0360. The summed E-state index contributed by atoms with van der Waals surface area (Å²) in [7, 11) is 0. The van der Waals surface area contributed by atoms with E-state index in [1.165, 1.54) is 6.42 Å². The smallest absolute Gasteiger partial charge is 0.260 e. The highest BCUT2D eigenvalue weighted by atomic mass is 16.5. The summed E-state index contributed by atoms with van der Waals surface area (Å²) >= 11 is 0. The first kappa shape index (κ1) is 15.8. The van der Waals surface area contributed by atoms with E-state index in [2.05, 4.69) is 13.8 Å². The van der Waals surface area contributed by atoms with Crippen molar-refractivity contribution in [1.29, 1.82) is 0 Å². The molecule has 0 saturated carbocycles. The number of carbonyl (C=O) groups is 2. The van der Waals surface area contributed by atoms with Crippen LogP contribution in [-0.4, -0.2) is 43.0 Å². The number of hydrogen-bond donors (Lipinski definition) is 0. The third-order valence-electron chi connectivity index (χ3n) is 4.56. The Morgan fingerprint density at radius 3 is 2.61 bits per heavy atom. The average molecular weight is 316 g/mol. The Labute approximate surface area is 137 Å². The van der Waals surface area contributed by atoms with E-state index in [1.807, 2.05) is 29.2 Å². The van der Waals surface area contributed by atoms with Gasteiger partial charge in [0.25, 0.3) is 5.91 Å². The first-order valence-corrected chi connectivity index (χ1v) is 8.34. The Hall–Kier alpha value is -2.04. The van der Waals surface area contributed by atoms with Gasteiger partial charge in [-0.1, -0.05) is 19.9 Å². The van der Waals surface area contributed by atoms with Crippen molar-refractivity contribution in [3.05, 3.63) is 24.3 Å². The second-order valence-electron chi connectivity index (χ2n) is 6.83. The van der Waals surface area contributed by atoms with Crippen molar-refractivity contribution in [2.24, 2.45) is 11.8 Å². The molecule has 2 amide bonds. The molecule has 2 heterocycles. The molecule has 2 aliphatic heterocycles. The molecule has 2 fully saturated rings. The van der Waals surface area contributed by atoms with E-state index in [4.69, 9.17) is 4.74 Å². The zero-order valence-electron chi connectivity index (χ0n) is 13.8. The van der Waals surface area contributed by atoms with Gasteiger partial charge in [-0.2, -0.15) is 0 Å². The number of likely N-dealkylation sites (tertiary alicyclic amines) is 1. The van der Waals surface area contributed by atoms with E-state index in [0.717, 1.165) is 25.3 Å². The van der Waals surface area contributed by atoms with Crippen molar-refractivity contribution in [1.82, 2.24) is 4.90 Å². The minimum absolute atomic E-state index is 0.0360. The maximum atomic E-state index is 12.3. The molecule has 0 bridgehead atoms. The molecule has 2 unspecified atom stereocenters. The number of hydrogen-bond acceptors (Lipinski definition) is 3. The van der Waals surface area contributed by atoms with Gasteiger partial charge in [0.1, 0.15) is 5.75 Å². The monoisotopic (exact) mass is 316 g/mol. The Morgan fingerprint density at radius 1 is 1.26 bits per heavy atom. The fourth-order valence-electron chi connectivity index (χ4n) is 3.43. The van der Waals surface area contributed by atoms with Crippen molar-refractivity contribution < 1.29 is 14.3 Å². The molecule has 5 nitrogen and oxygen atoms in total. The lowest BCUT2D eigenvalue weighted by Gasteiger charge is -2.35. The van der Waals surface area contributed by atoms with E-state index in [9.17, 15) is 9.59 Å². The topological polar surface area (TPSA) is 49.9 Å². The Morgan fingerprint density at radius 2 is 2.00 bits per heavy atom. The number of ether oxygens (including phenoxy) is 1. The molecule has 3 rings (SSSR count). The van der Waals surface area contributed by atoms with Crippen molar-refractivity contribution >= 4 is 17.5 Å². The van der Waals surface area contributed by atoms with E-state index in [0.29, 0.717) is 24.0 Å². The Kier molecular flexibility index (Phi) is 4.55. The van der Waals surface area contributed by atoms with Crippen LogP contribution < -0.4 is 9.64 Å². The van der Waals surface area contributed by atoms with E-state index in [1.54, 1.807) is 4.90 Å². The van der Waals surface area contributed by atoms with Crippen LogP contribution in [0.1, 0.15) is 26.7 Å². The standard InChI is InChI=1S/C18H24N2O3/c1-13-8-14(2)11-19(10-13)18(22)12-23-16-5-3-4-15(9-16)20-7-6-17(20)21/h3-5,9,13-14H,6-8,10-12H2,1-2H3. The highest BCUT2D eigenvalue weighted by molar-refractivity contribution is 5.99. The lowest BCUT2D eigenvalue weighted by atomic mass is 9.92. The van der Waals surface area contributed by atoms with Gasteiger partial charge >= 0.3 is 0 Å². The van der Waals surface area contributed by atoms with Gasteiger partial charge < -0.3 is 14.5 Å². The summed E-state index contributed by atoms with van der Waals surface area (Å²) in [6.07, 6.45) is 1.78. The van der Waals surface area contributed by atoms with E-state index in [-0.39, 0.29) is 18.4 Å². The van der Waals surface area contributed by atoms with Gasteiger partial charge in [0, 0.05) is 37.8 Å². The van der Waals surface area contributed by atoms with Crippen LogP contribution in [0.2, 0.25) is 0 Å². The number of carbonyl (C=O) groups excluding carboxylic acids is 2. The number of amides is 2. The van der Waals surface area contributed by atoms with E-state index < -0.39 is 0 Å². The van der Waals surface area contributed by atoms with Crippen LogP contribution in [0.5, 0.6) is 5.75 Å². The molecular formula is C18H24N2O3. The molecule has 124 valence electrons. The molecule has 0 N–H and O–H groups in total. The lowest BCUT2D eigenvalue weighted by Crippen LogP contribution is -2.44. The van der Waals surface area contributed by atoms with Crippen LogP contribution in [0.4, 0.5) is 5.69 Å². The van der Waals surface area contributed by atoms with Gasteiger partial charge in [-0.3, -0.25) is 9.59 Å². The third-order valence-corrected chi connectivity index (χ3v) is 4.56. The van der Waals surface area contributed by atoms with Crippen molar-refractivity contribution in [3.63, 3.8) is 0 Å². The van der Waals surface area contributed by atoms with Gasteiger partial charge in [-0.05, 0) is 30.4 Å². The quantitative estimate of drug-likeness (QED) is 0.801. The van der Waals surface area contributed by atoms with Gasteiger partial charge in [0.15, 0.2) is 6.61 Å². The van der Waals surface area contributed by atoms with Gasteiger partial charge in [-0.15, -0.1) is 0 Å². The summed E-state index contributed by atoms with van der Waals surface area (Å²) in [5, 5.41) is 0. The number of nitrogens with zero attached hydrogens (tertiary/aromatic N) is 2. The molecule has 2 atom stereocenters. The molecule has 5 heteroatoms. The van der Waals surface area contributed by atoms with Gasteiger partial charge in [-0.25, -0.2) is 0 Å². The number of benzene rings is 1. The fourth-order valence-corrected chi connectivity index (χ4v) is 3.43. The highest BCUT2D eigenvalue weighted by Crippen LogP contribution is 2.26. The number of anilines is 1. The summed E-state index contributed by atoms with van der Waals surface area (Å²) in [5.74, 6) is 1.89. The predicted octanol–water partition coefficient (Wildman–Crippen LogP) is 2.31. The molecule has 0 radical (unpaired) electrons. The zero-order valence-corrected chi connectivity index (χ0v) is 13.8. The highest BCUT2D eigenvalue weighted by Gasteiger charge is 2.26. The van der Waals surface area contributed by atoms with Crippen LogP contribution in [0.3, 0.4) is 0 Å². The van der Waals surface area contributed by atoms with Crippen LogP contribution in [0.25, 0.3) is 0 Å².